The average molecular weight is 225 g/mol. The van der Waals surface area contributed by atoms with Crippen LogP contribution in [-0.2, 0) is 4.74 Å². The minimum atomic E-state index is 0.541. The lowest BCUT2D eigenvalue weighted by Gasteiger charge is -2.31. The fraction of sp³-hybridized carbons (Fsp3) is 1.00. The quantitative estimate of drug-likeness (QED) is 0.702. The van der Waals surface area contributed by atoms with Gasteiger partial charge in [0.15, 0.2) is 0 Å². The van der Waals surface area contributed by atoms with Crippen molar-refractivity contribution >= 4 is 0 Å². The highest BCUT2D eigenvalue weighted by Crippen LogP contribution is 2.29. The van der Waals surface area contributed by atoms with E-state index in [-0.39, 0.29) is 0 Å². The van der Waals surface area contributed by atoms with Crippen molar-refractivity contribution in [3.63, 3.8) is 0 Å². The van der Waals surface area contributed by atoms with E-state index in [4.69, 9.17) is 4.74 Å². The highest BCUT2D eigenvalue weighted by Gasteiger charge is 2.24. The Morgan fingerprint density at radius 1 is 1.06 bits per heavy atom. The molecule has 0 saturated heterocycles. The molecule has 0 radical (unpaired) electrons. The maximum atomic E-state index is 5.59. The zero-order valence-corrected chi connectivity index (χ0v) is 10.7. The van der Waals surface area contributed by atoms with Gasteiger partial charge in [0.1, 0.15) is 0 Å². The van der Waals surface area contributed by atoms with Gasteiger partial charge in [0.05, 0.1) is 6.10 Å². The van der Waals surface area contributed by atoms with E-state index >= 15 is 0 Å². The Morgan fingerprint density at radius 3 is 2.56 bits per heavy atom. The van der Waals surface area contributed by atoms with E-state index in [1.807, 2.05) is 7.11 Å². The second-order valence-corrected chi connectivity index (χ2v) is 5.61. The molecule has 2 rings (SSSR count). The molecule has 0 aromatic carbocycles. The minimum Gasteiger partial charge on any atom is -0.381 e. The van der Waals surface area contributed by atoms with Gasteiger partial charge in [-0.25, -0.2) is 0 Å². The molecule has 16 heavy (non-hydrogen) atoms. The van der Waals surface area contributed by atoms with Crippen molar-refractivity contribution in [3.05, 3.63) is 0 Å². The van der Waals surface area contributed by atoms with Crippen molar-refractivity contribution in [2.24, 2.45) is 11.8 Å². The Balaban J connectivity index is 1.56. The van der Waals surface area contributed by atoms with Crippen molar-refractivity contribution < 1.29 is 4.74 Å². The van der Waals surface area contributed by atoms with Crippen molar-refractivity contribution in [2.75, 3.05) is 20.2 Å². The van der Waals surface area contributed by atoms with Crippen LogP contribution in [-0.4, -0.2) is 26.3 Å². The molecule has 0 amide bonds. The molecule has 2 heteroatoms. The van der Waals surface area contributed by atoms with E-state index in [2.05, 4.69) is 5.32 Å². The van der Waals surface area contributed by atoms with Crippen LogP contribution in [0.15, 0.2) is 0 Å². The van der Waals surface area contributed by atoms with Gasteiger partial charge in [0.25, 0.3) is 0 Å². The summed E-state index contributed by atoms with van der Waals surface area (Å²) in [5.74, 6) is 1.80. The summed E-state index contributed by atoms with van der Waals surface area (Å²) in [5.41, 5.74) is 0. The monoisotopic (exact) mass is 225 g/mol. The Bertz CT molecular complexity index is 191. The summed E-state index contributed by atoms with van der Waals surface area (Å²) < 4.78 is 5.59. The predicted octanol–water partition coefficient (Wildman–Crippen LogP) is 2.97. The Hall–Kier alpha value is -0.0800. The van der Waals surface area contributed by atoms with Gasteiger partial charge in [-0.1, -0.05) is 19.3 Å². The third-order valence-corrected chi connectivity index (χ3v) is 4.49. The first-order valence-electron chi connectivity index (χ1n) is 7.13. The molecule has 2 saturated carbocycles. The van der Waals surface area contributed by atoms with Gasteiger partial charge in [0, 0.05) is 7.11 Å². The summed E-state index contributed by atoms with van der Waals surface area (Å²) in [6, 6.07) is 0. The highest BCUT2D eigenvalue weighted by atomic mass is 16.5. The van der Waals surface area contributed by atoms with E-state index in [0.29, 0.717) is 6.10 Å². The van der Waals surface area contributed by atoms with Crippen molar-refractivity contribution in [2.45, 2.75) is 57.5 Å². The molecule has 2 fully saturated rings. The summed E-state index contributed by atoms with van der Waals surface area (Å²) in [5, 5.41) is 3.62. The fourth-order valence-corrected chi connectivity index (χ4v) is 3.10. The normalized spacial score (nSPS) is 31.3. The number of hydrogen-bond donors (Lipinski definition) is 1. The van der Waals surface area contributed by atoms with Crippen LogP contribution in [0.3, 0.4) is 0 Å². The van der Waals surface area contributed by atoms with Gasteiger partial charge in [0.2, 0.25) is 0 Å². The minimum absolute atomic E-state index is 0.541. The first kappa shape index (κ1) is 12.4. The van der Waals surface area contributed by atoms with Crippen LogP contribution in [0.5, 0.6) is 0 Å². The van der Waals surface area contributed by atoms with Gasteiger partial charge in [-0.2, -0.15) is 0 Å². The molecule has 0 spiro atoms. The molecule has 2 aliphatic rings. The molecule has 1 N–H and O–H groups in total. The van der Waals surface area contributed by atoms with Crippen LogP contribution in [0.25, 0.3) is 0 Å². The maximum absolute atomic E-state index is 5.59. The lowest BCUT2D eigenvalue weighted by molar-refractivity contribution is 0.0204. The smallest absolute Gasteiger partial charge is 0.0600 e. The van der Waals surface area contributed by atoms with Gasteiger partial charge in [-0.05, 0) is 57.0 Å². The summed E-state index contributed by atoms with van der Waals surface area (Å²) in [6.45, 7) is 2.45. The first-order chi connectivity index (χ1) is 7.90. The second-order valence-electron chi connectivity index (χ2n) is 5.61. The largest absolute Gasteiger partial charge is 0.381 e. The van der Waals surface area contributed by atoms with Crippen LogP contribution in [0.2, 0.25) is 0 Å². The second kappa shape index (κ2) is 6.61. The number of methoxy groups -OCH3 is 1. The van der Waals surface area contributed by atoms with Crippen LogP contribution in [0.4, 0.5) is 0 Å². The van der Waals surface area contributed by atoms with Crippen LogP contribution in [0, 0.1) is 11.8 Å². The lowest BCUT2D eigenvalue weighted by Crippen LogP contribution is -2.32. The number of nitrogens with one attached hydrogen (secondary N) is 1. The van der Waals surface area contributed by atoms with E-state index in [1.165, 1.54) is 64.5 Å². The van der Waals surface area contributed by atoms with Crippen LogP contribution >= 0.6 is 0 Å². The zero-order valence-electron chi connectivity index (χ0n) is 10.7. The van der Waals surface area contributed by atoms with E-state index in [9.17, 15) is 0 Å². The van der Waals surface area contributed by atoms with Crippen LogP contribution < -0.4 is 5.32 Å². The Labute approximate surface area is 100 Å². The summed E-state index contributed by atoms with van der Waals surface area (Å²) in [6.07, 6.45) is 11.7. The van der Waals surface area contributed by atoms with Crippen molar-refractivity contribution in [1.29, 1.82) is 0 Å². The molecule has 2 nitrogen and oxygen atoms in total. The van der Waals surface area contributed by atoms with E-state index in [0.717, 1.165) is 11.8 Å². The van der Waals surface area contributed by atoms with E-state index < -0.39 is 0 Å². The fourth-order valence-electron chi connectivity index (χ4n) is 3.10. The third-order valence-electron chi connectivity index (χ3n) is 4.49. The Morgan fingerprint density at radius 2 is 1.88 bits per heavy atom. The van der Waals surface area contributed by atoms with Gasteiger partial charge < -0.3 is 10.1 Å². The van der Waals surface area contributed by atoms with Gasteiger partial charge >= 0.3 is 0 Å². The molecule has 0 aromatic rings. The molecule has 2 aliphatic carbocycles. The summed E-state index contributed by atoms with van der Waals surface area (Å²) >= 11 is 0. The molecule has 0 aliphatic heterocycles. The lowest BCUT2D eigenvalue weighted by atomic mass is 9.83. The summed E-state index contributed by atoms with van der Waals surface area (Å²) in [4.78, 5) is 0. The standard InChI is InChI=1S/C14H27NO/c1-16-14-8-3-2-7-13(14)9-10-15-11-12-5-4-6-12/h12-15H,2-11H2,1H3/t13-,14-/m0/s1. The highest BCUT2D eigenvalue weighted by molar-refractivity contribution is 4.77. The third kappa shape index (κ3) is 3.46. The molecular weight excluding hydrogens is 198 g/mol. The number of ether oxygens (including phenoxy) is 1. The molecule has 0 unspecified atom stereocenters. The SMILES string of the molecule is CO[C@H]1CCCC[C@H]1CCNCC1CCC1. The Kier molecular flexibility index (Phi) is 5.11. The zero-order chi connectivity index (χ0) is 11.2. The number of rotatable bonds is 6. The topological polar surface area (TPSA) is 21.3 Å². The molecule has 94 valence electrons. The average Bonchev–Trinajstić information content (AvgIpc) is 2.27. The predicted molar refractivity (Wildman–Crippen MR) is 67.6 cm³/mol. The molecular formula is C14H27NO. The van der Waals surface area contributed by atoms with Gasteiger partial charge in [-0.3, -0.25) is 0 Å². The molecule has 0 heterocycles. The molecule has 0 aromatic heterocycles. The number of hydrogen-bond acceptors (Lipinski definition) is 2. The van der Waals surface area contributed by atoms with E-state index in [1.54, 1.807) is 0 Å². The molecule has 2 atom stereocenters. The van der Waals surface area contributed by atoms with Crippen molar-refractivity contribution in [3.8, 4) is 0 Å². The maximum Gasteiger partial charge on any atom is 0.0600 e. The first-order valence-corrected chi connectivity index (χ1v) is 7.13. The summed E-state index contributed by atoms with van der Waals surface area (Å²) in [7, 11) is 1.88. The van der Waals surface area contributed by atoms with Gasteiger partial charge in [-0.15, -0.1) is 0 Å². The molecule has 0 bridgehead atoms. The van der Waals surface area contributed by atoms with Crippen LogP contribution in [0.1, 0.15) is 51.4 Å². The van der Waals surface area contributed by atoms with Crippen molar-refractivity contribution in [1.82, 2.24) is 5.32 Å².